The average Bonchev–Trinajstić information content (AvgIpc) is 3.76. The summed E-state index contributed by atoms with van der Waals surface area (Å²) >= 11 is 0. The molecular weight excluding hydrogens is 1090 g/mol. The molecule has 4 aromatic heterocycles. The maximum Gasteiger partial charge on any atom is 2.00 e. The van der Waals surface area contributed by atoms with Crippen molar-refractivity contribution in [1.82, 2.24) is 34.9 Å². The number of hydrogen-bond donors (Lipinski definition) is 0. The van der Waals surface area contributed by atoms with E-state index >= 15 is 0 Å². The Hall–Kier alpha value is -7.44. The number of rotatable bonds is 11. The molecule has 0 saturated heterocycles. The van der Waals surface area contributed by atoms with Gasteiger partial charge < -0.3 is 14.5 Å². The summed E-state index contributed by atoms with van der Waals surface area (Å²) in [7, 11) is -6.40. The molecule has 0 saturated carbocycles. The van der Waals surface area contributed by atoms with Crippen molar-refractivity contribution >= 4 is 79.4 Å². The Kier molecular flexibility index (Phi) is 13.6. The first-order chi connectivity index (χ1) is 34.2. The van der Waals surface area contributed by atoms with Crippen molar-refractivity contribution in [2.75, 3.05) is 0 Å². The van der Waals surface area contributed by atoms with E-state index in [4.69, 9.17) is 9.97 Å². The van der Waals surface area contributed by atoms with Gasteiger partial charge in [-0.1, -0.05) is 157 Å². The molecule has 0 radical (unpaired) electrons. The molecule has 0 bridgehead atoms. The number of hydrogen-bond acceptors (Lipinski definition) is 6. The second kappa shape index (κ2) is 20.5. The van der Waals surface area contributed by atoms with Crippen molar-refractivity contribution in [1.29, 1.82) is 0 Å². The molecule has 12 aromatic rings. The largest absolute Gasteiger partial charge is 2.00 e. The Labute approximate surface area is 441 Å². The normalized spacial score (nSPS) is 11.4. The summed E-state index contributed by atoms with van der Waals surface area (Å²) in [6, 6.07) is 93.2. The fourth-order valence-corrected chi connectivity index (χ4v) is 19.2. The molecule has 0 aliphatic rings. The fraction of sp³-hybridized carbons (Fsp3) is 0. The third kappa shape index (κ3) is 8.27. The Morgan fingerprint density at radius 2 is 0.704 bits per heavy atom. The Morgan fingerprint density at radius 1 is 0.338 bits per heavy atom. The maximum atomic E-state index is 4.74. The fourth-order valence-electron chi connectivity index (χ4n) is 10.1. The van der Waals surface area contributed by atoms with Crippen LogP contribution in [0.1, 0.15) is 0 Å². The van der Waals surface area contributed by atoms with E-state index in [-0.39, 0.29) is 40.8 Å². The Bertz CT molecular complexity index is 3420. The third-order valence-corrected chi connectivity index (χ3v) is 22.3. The maximum absolute atomic E-state index is 4.74. The summed E-state index contributed by atoms with van der Waals surface area (Å²) in [6.45, 7) is 0. The van der Waals surface area contributed by atoms with E-state index in [1.807, 2.05) is 53.4 Å². The van der Waals surface area contributed by atoms with Crippen LogP contribution in [0.3, 0.4) is 0 Å². The third-order valence-electron chi connectivity index (χ3n) is 13.1. The second-order valence-electron chi connectivity index (χ2n) is 16.8. The minimum Gasteiger partial charge on any atom is -0.326 e. The van der Waals surface area contributed by atoms with Crippen LogP contribution in [0.4, 0.5) is 0 Å². The van der Waals surface area contributed by atoms with Crippen LogP contribution in [-0.2, 0) is 40.8 Å². The van der Waals surface area contributed by atoms with Gasteiger partial charge in [0.05, 0.1) is 0 Å². The predicted molar refractivity (Wildman–Crippen MR) is 281 cm³/mol. The van der Waals surface area contributed by atoms with Crippen molar-refractivity contribution in [3.63, 3.8) is 0 Å². The molecule has 342 valence electrons. The first-order valence-electron chi connectivity index (χ1n) is 22.8. The van der Waals surface area contributed by atoms with Gasteiger partial charge in [-0.25, -0.2) is 0 Å². The van der Waals surface area contributed by atoms with E-state index < -0.39 is 16.1 Å². The van der Waals surface area contributed by atoms with E-state index in [1.54, 1.807) is 0 Å². The molecule has 0 spiro atoms. The van der Waals surface area contributed by atoms with E-state index in [0.717, 1.165) is 65.1 Å². The molecule has 71 heavy (non-hydrogen) atoms. The molecule has 12 rings (SSSR count). The molecule has 7 nitrogen and oxygen atoms in total. The van der Waals surface area contributed by atoms with E-state index in [0.29, 0.717) is 5.95 Å². The van der Waals surface area contributed by atoms with Gasteiger partial charge in [0.25, 0.3) is 5.95 Å². The zero-order chi connectivity index (χ0) is 46.0. The van der Waals surface area contributed by atoms with Crippen LogP contribution in [0.15, 0.2) is 237 Å². The quantitative estimate of drug-likeness (QED) is 0.0844. The summed E-state index contributed by atoms with van der Waals surface area (Å²) in [4.78, 5) is 9.49. The van der Waals surface area contributed by atoms with Crippen molar-refractivity contribution in [2.45, 2.75) is 0 Å². The molecular formula is C60H39N7Pd2Si2. The molecule has 0 amide bonds. The van der Waals surface area contributed by atoms with Crippen molar-refractivity contribution in [2.24, 2.45) is 0 Å². The topological polar surface area (TPSA) is 82.3 Å². The summed E-state index contributed by atoms with van der Waals surface area (Å²) < 4.78 is 2.05. The van der Waals surface area contributed by atoms with E-state index in [9.17, 15) is 0 Å². The second-order valence-corrected chi connectivity index (χ2v) is 24.3. The van der Waals surface area contributed by atoms with Crippen molar-refractivity contribution < 1.29 is 40.8 Å². The molecule has 8 aromatic carbocycles. The first kappa shape index (κ1) is 47.2. The molecule has 0 aliphatic carbocycles. The summed E-state index contributed by atoms with van der Waals surface area (Å²) in [5, 5.41) is 28.8. The van der Waals surface area contributed by atoms with Crippen LogP contribution in [0.5, 0.6) is 0 Å². The van der Waals surface area contributed by atoms with Gasteiger partial charge in [-0.05, 0) is 44.3 Å². The molecule has 0 fully saturated rings. The molecule has 4 heterocycles. The van der Waals surface area contributed by atoms with Gasteiger partial charge in [-0.3, -0.25) is 0 Å². The number of benzene rings is 8. The standard InChI is InChI=1S/C60H39N7Si2.2Pd/c1-5-21-46(22-6-1)68(47-23-7-2-8-24-47,50-29-17-19-44(39-50)56-31-13-15-37-61-56)52-33-35-54-55-36-34-53(42-59(55)67(58(54)41-52)60-65-63-43-64-66-60)69(48-25-9-3-10-26-48,49-27-11-4-12-28-49)51-30-18-20-45(40-51)57-32-14-16-38-62-57;;/h1-38,43H;;/q-4;2*+2. The Morgan fingerprint density at radius 3 is 1.07 bits per heavy atom. The number of aromatic nitrogens is 7. The Balaban J connectivity index is 0.00000291. The summed E-state index contributed by atoms with van der Waals surface area (Å²) in [5.74, 6) is 0.324. The van der Waals surface area contributed by atoms with Crippen molar-refractivity contribution in [3.8, 4) is 28.5 Å². The van der Waals surface area contributed by atoms with Crippen molar-refractivity contribution in [3.05, 3.63) is 261 Å². The van der Waals surface area contributed by atoms with Gasteiger partial charge in [-0.15, -0.1) is 90.4 Å². The van der Waals surface area contributed by atoms with Crippen LogP contribution >= 0.6 is 0 Å². The van der Waals surface area contributed by atoms with E-state index in [1.165, 1.54) is 27.1 Å². The minimum atomic E-state index is -3.20. The van der Waals surface area contributed by atoms with Crippen LogP contribution in [0.2, 0.25) is 0 Å². The number of fused-ring (bicyclic) bond motifs is 3. The number of nitrogens with zero attached hydrogens (tertiary/aromatic N) is 7. The average molecular weight is 1130 g/mol. The zero-order valence-electron chi connectivity index (χ0n) is 37.8. The van der Waals surface area contributed by atoms with Gasteiger partial charge in [0.15, 0.2) is 6.33 Å². The minimum absolute atomic E-state index is 0. The monoisotopic (exact) mass is 1130 g/mol. The van der Waals surface area contributed by atoms with Gasteiger partial charge in [0.1, 0.15) is 16.1 Å². The van der Waals surface area contributed by atoms with Crippen LogP contribution in [-0.4, -0.2) is 51.1 Å². The van der Waals surface area contributed by atoms with Crippen LogP contribution in [0.25, 0.3) is 50.3 Å². The van der Waals surface area contributed by atoms with Gasteiger partial charge in [-0.2, -0.15) is 57.5 Å². The zero-order valence-corrected chi connectivity index (χ0v) is 42.9. The SMILES string of the molecule is [Pd+2].[Pd+2].[c-]1c(-c2ccccn2)cccc1[Si](c1[c-]c2c(cc1)c1ccc([Si](c3[c-]c(-c4ccccn4)ccc3)(c3ccccc3)c3ccccc3)[c-]c1n2-c1nncnn1)(c1ccccc1)c1ccccc1. The summed E-state index contributed by atoms with van der Waals surface area (Å²) in [6.07, 6.45) is 5.02. The van der Waals surface area contributed by atoms with Crippen LogP contribution < -0.4 is 41.5 Å². The molecule has 0 atom stereocenters. The van der Waals surface area contributed by atoms with E-state index in [2.05, 4.69) is 227 Å². The first-order valence-corrected chi connectivity index (χ1v) is 26.8. The molecule has 11 heteroatoms. The molecule has 0 N–H and O–H groups in total. The van der Waals surface area contributed by atoms with Gasteiger partial charge in [0, 0.05) is 12.4 Å². The van der Waals surface area contributed by atoms with Gasteiger partial charge >= 0.3 is 40.8 Å². The predicted octanol–water partition coefficient (Wildman–Crippen LogP) is 6.44. The smallest absolute Gasteiger partial charge is 0.326 e. The molecule has 0 aliphatic heterocycles. The van der Waals surface area contributed by atoms with Gasteiger partial charge in [0.2, 0.25) is 0 Å². The van der Waals surface area contributed by atoms with Crippen LogP contribution in [0, 0.1) is 24.3 Å². The molecule has 0 unspecified atom stereocenters. The summed E-state index contributed by atoms with van der Waals surface area (Å²) in [5.41, 5.74) is 5.17. The number of pyridine rings is 2.